The highest BCUT2D eigenvalue weighted by Gasteiger charge is 2.34. The Morgan fingerprint density at radius 3 is 2.69 bits per heavy atom. The Balaban J connectivity index is 2.19. The highest BCUT2D eigenvalue weighted by Crippen LogP contribution is 2.29. The highest BCUT2D eigenvalue weighted by molar-refractivity contribution is 9.10. The van der Waals surface area contributed by atoms with Crippen molar-refractivity contribution < 1.29 is 9.53 Å². The first-order valence-electron chi connectivity index (χ1n) is 5.26. The lowest BCUT2D eigenvalue weighted by Gasteiger charge is -2.16. The van der Waals surface area contributed by atoms with Gasteiger partial charge in [0.25, 0.3) is 0 Å². The summed E-state index contributed by atoms with van der Waals surface area (Å²) in [6, 6.07) is 8.11. The molecule has 1 fully saturated rings. The van der Waals surface area contributed by atoms with E-state index in [0.29, 0.717) is 6.54 Å². The van der Waals surface area contributed by atoms with Gasteiger partial charge >= 0.3 is 5.97 Å². The van der Waals surface area contributed by atoms with Crippen LogP contribution in [0.4, 0.5) is 0 Å². The number of hydrogen-bond acceptors (Lipinski definition) is 3. The van der Waals surface area contributed by atoms with E-state index >= 15 is 0 Å². The molecule has 2 atom stereocenters. The molecule has 16 heavy (non-hydrogen) atoms. The number of carbonyl (C=O) groups is 1. The molecule has 1 aliphatic rings. The molecular weight excluding hydrogens is 270 g/mol. The number of rotatable bonds is 2. The summed E-state index contributed by atoms with van der Waals surface area (Å²) in [5, 5.41) is 3.24. The van der Waals surface area contributed by atoms with Crippen LogP contribution in [0.1, 0.15) is 11.5 Å². The topological polar surface area (TPSA) is 38.3 Å². The van der Waals surface area contributed by atoms with Gasteiger partial charge in [-0.25, -0.2) is 0 Å². The second kappa shape index (κ2) is 4.97. The van der Waals surface area contributed by atoms with Crippen molar-refractivity contribution in [2.45, 2.75) is 5.92 Å². The second-order valence-corrected chi connectivity index (χ2v) is 4.86. The Bertz CT molecular complexity index is 377. The predicted octanol–water partition coefficient (Wildman–Crippen LogP) is 1.93. The van der Waals surface area contributed by atoms with Crippen LogP contribution in [0.15, 0.2) is 28.7 Å². The first-order chi connectivity index (χ1) is 7.72. The zero-order valence-electron chi connectivity index (χ0n) is 9.07. The number of carbonyl (C=O) groups excluding carboxylic acids is 1. The quantitative estimate of drug-likeness (QED) is 0.843. The molecular formula is C12H14BrNO2. The monoisotopic (exact) mass is 283 g/mol. The molecule has 4 heteroatoms. The molecule has 1 aliphatic heterocycles. The number of benzene rings is 1. The molecule has 1 heterocycles. The molecule has 1 N–H and O–H groups in total. The van der Waals surface area contributed by atoms with Crippen LogP contribution in [-0.4, -0.2) is 26.2 Å². The summed E-state index contributed by atoms with van der Waals surface area (Å²) in [6.45, 7) is 1.54. The van der Waals surface area contributed by atoms with E-state index in [4.69, 9.17) is 4.74 Å². The van der Waals surface area contributed by atoms with E-state index in [2.05, 4.69) is 33.4 Å². The van der Waals surface area contributed by atoms with Gasteiger partial charge in [0.15, 0.2) is 0 Å². The van der Waals surface area contributed by atoms with Gasteiger partial charge in [-0.05, 0) is 17.7 Å². The molecule has 2 rings (SSSR count). The van der Waals surface area contributed by atoms with E-state index in [1.165, 1.54) is 12.7 Å². The van der Waals surface area contributed by atoms with E-state index in [1.54, 1.807) is 0 Å². The summed E-state index contributed by atoms with van der Waals surface area (Å²) in [7, 11) is 1.44. The van der Waals surface area contributed by atoms with Gasteiger partial charge in [-0.2, -0.15) is 0 Å². The number of ether oxygens (including phenoxy) is 1. The Kier molecular flexibility index (Phi) is 3.61. The minimum atomic E-state index is -0.127. The third kappa shape index (κ3) is 2.28. The average molecular weight is 284 g/mol. The molecule has 0 aromatic heterocycles. The zero-order valence-corrected chi connectivity index (χ0v) is 10.7. The van der Waals surface area contributed by atoms with Crippen LogP contribution in [0.2, 0.25) is 0 Å². The molecule has 1 aromatic rings. The number of methoxy groups -OCH3 is 1. The zero-order chi connectivity index (χ0) is 11.5. The van der Waals surface area contributed by atoms with E-state index < -0.39 is 0 Å². The minimum absolute atomic E-state index is 0.0637. The van der Waals surface area contributed by atoms with Crippen molar-refractivity contribution in [1.29, 1.82) is 0 Å². The van der Waals surface area contributed by atoms with Crippen LogP contribution >= 0.6 is 15.9 Å². The van der Waals surface area contributed by atoms with Gasteiger partial charge in [0.05, 0.1) is 13.0 Å². The molecule has 0 aliphatic carbocycles. The normalized spacial score (nSPS) is 24.4. The van der Waals surface area contributed by atoms with Crippen LogP contribution in [0, 0.1) is 5.92 Å². The molecule has 0 saturated carbocycles. The summed E-state index contributed by atoms with van der Waals surface area (Å²) in [6.07, 6.45) is 0. The SMILES string of the molecule is COC(=O)[C@H]1CNC[C@@H]1c1ccc(Br)cc1. The summed E-state index contributed by atoms with van der Waals surface area (Å²) in [4.78, 5) is 11.6. The number of halogens is 1. The maximum atomic E-state index is 11.6. The molecule has 86 valence electrons. The maximum absolute atomic E-state index is 11.6. The minimum Gasteiger partial charge on any atom is -0.469 e. The van der Waals surface area contributed by atoms with Crippen molar-refractivity contribution in [3.63, 3.8) is 0 Å². The molecule has 0 unspecified atom stereocenters. The lowest BCUT2D eigenvalue weighted by Crippen LogP contribution is -2.22. The Morgan fingerprint density at radius 2 is 2.06 bits per heavy atom. The standard InChI is InChI=1S/C12H14BrNO2/c1-16-12(15)11-7-14-6-10(11)8-2-4-9(13)5-3-8/h2-5,10-11,14H,6-7H2,1H3/t10-,11+/m1/s1. The van der Waals surface area contributed by atoms with Gasteiger partial charge < -0.3 is 10.1 Å². The van der Waals surface area contributed by atoms with Crippen molar-refractivity contribution in [3.8, 4) is 0 Å². The van der Waals surface area contributed by atoms with Crippen LogP contribution in [0.3, 0.4) is 0 Å². The lowest BCUT2D eigenvalue weighted by molar-refractivity contribution is -0.145. The first kappa shape index (κ1) is 11.6. The fourth-order valence-electron chi connectivity index (χ4n) is 2.14. The van der Waals surface area contributed by atoms with Crippen LogP contribution < -0.4 is 5.32 Å². The van der Waals surface area contributed by atoms with Crippen molar-refractivity contribution in [1.82, 2.24) is 5.32 Å². The molecule has 3 nitrogen and oxygen atoms in total. The van der Waals surface area contributed by atoms with Crippen molar-refractivity contribution >= 4 is 21.9 Å². The predicted molar refractivity (Wildman–Crippen MR) is 65.3 cm³/mol. The molecule has 0 amide bonds. The number of hydrogen-bond donors (Lipinski definition) is 1. The van der Waals surface area contributed by atoms with Gasteiger partial charge in [0.2, 0.25) is 0 Å². The fraction of sp³-hybridized carbons (Fsp3) is 0.417. The molecule has 0 spiro atoms. The van der Waals surface area contributed by atoms with E-state index in [0.717, 1.165) is 11.0 Å². The largest absolute Gasteiger partial charge is 0.469 e. The smallest absolute Gasteiger partial charge is 0.310 e. The van der Waals surface area contributed by atoms with Gasteiger partial charge in [-0.15, -0.1) is 0 Å². The number of esters is 1. The van der Waals surface area contributed by atoms with Crippen molar-refractivity contribution in [2.75, 3.05) is 20.2 Å². The van der Waals surface area contributed by atoms with E-state index in [1.807, 2.05) is 12.1 Å². The average Bonchev–Trinajstić information content (AvgIpc) is 2.78. The maximum Gasteiger partial charge on any atom is 0.310 e. The van der Waals surface area contributed by atoms with Crippen LogP contribution in [0.5, 0.6) is 0 Å². The summed E-state index contributed by atoms with van der Waals surface area (Å²) in [5.41, 5.74) is 1.18. The van der Waals surface area contributed by atoms with Crippen molar-refractivity contribution in [3.05, 3.63) is 34.3 Å². The third-order valence-electron chi connectivity index (χ3n) is 3.02. The lowest BCUT2D eigenvalue weighted by atomic mass is 9.89. The third-order valence-corrected chi connectivity index (χ3v) is 3.54. The summed E-state index contributed by atoms with van der Waals surface area (Å²) < 4.78 is 5.87. The molecule has 1 saturated heterocycles. The fourth-order valence-corrected chi connectivity index (χ4v) is 2.40. The Hall–Kier alpha value is -0.870. The number of nitrogens with one attached hydrogen (secondary N) is 1. The highest BCUT2D eigenvalue weighted by atomic mass is 79.9. The Labute approximate surface area is 103 Å². The molecule has 0 bridgehead atoms. The Morgan fingerprint density at radius 1 is 1.38 bits per heavy atom. The van der Waals surface area contributed by atoms with Crippen molar-refractivity contribution in [2.24, 2.45) is 5.92 Å². The molecule has 0 radical (unpaired) electrons. The molecule has 1 aromatic carbocycles. The van der Waals surface area contributed by atoms with Gasteiger partial charge in [-0.1, -0.05) is 28.1 Å². The van der Waals surface area contributed by atoms with E-state index in [9.17, 15) is 4.79 Å². The summed E-state index contributed by atoms with van der Waals surface area (Å²) in [5.74, 6) is 0.0321. The van der Waals surface area contributed by atoms with Gasteiger partial charge in [-0.3, -0.25) is 4.79 Å². The first-order valence-corrected chi connectivity index (χ1v) is 6.05. The second-order valence-electron chi connectivity index (χ2n) is 3.95. The van der Waals surface area contributed by atoms with E-state index in [-0.39, 0.29) is 17.8 Å². The van der Waals surface area contributed by atoms with Gasteiger partial charge in [0.1, 0.15) is 0 Å². The van der Waals surface area contributed by atoms with Crippen LogP contribution in [0.25, 0.3) is 0 Å². The summed E-state index contributed by atoms with van der Waals surface area (Å²) >= 11 is 3.40. The van der Waals surface area contributed by atoms with Gasteiger partial charge in [0, 0.05) is 23.5 Å². The van der Waals surface area contributed by atoms with Crippen LogP contribution in [-0.2, 0) is 9.53 Å².